The molecule has 5 heteroatoms. The van der Waals surface area contributed by atoms with E-state index in [2.05, 4.69) is 5.32 Å². The highest BCUT2D eigenvalue weighted by Crippen LogP contribution is 2.22. The third kappa shape index (κ3) is 3.86. The van der Waals surface area contributed by atoms with Gasteiger partial charge in [-0.25, -0.2) is 0 Å². The molecule has 104 valence electrons. The Morgan fingerprint density at radius 2 is 2.32 bits per heavy atom. The van der Waals surface area contributed by atoms with Crippen LogP contribution in [0.2, 0.25) is 0 Å². The van der Waals surface area contributed by atoms with Gasteiger partial charge in [-0.3, -0.25) is 4.79 Å². The molecular formula is C14H21N3O2. The second-order valence-electron chi connectivity index (χ2n) is 4.98. The molecule has 19 heavy (non-hydrogen) atoms. The van der Waals surface area contributed by atoms with E-state index in [-0.39, 0.29) is 11.9 Å². The van der Waals surface area contributed by atoms with E-state index in [1.807, 2.05) is 36.2 Å². The van der Waals surface area contributed by atoms with Crippen molar-refractivity contribution in [1.82, 2.24) is 5.32 Å². The molecule has 0 aromatic heterocycles. The molecule has 1 unspecified atom stereocenters. The molecule has 1 aromatic carbocycles. The quantitative estimate of drug-likeness (QED) is 0.761. The standard InChI is InChI=1S/C14H21N3O2/c1-17(11-4-3-5-12(8-11)19-2)9-13(14(15)18)16-10-6-7-10/h3-5,8,10,13,16H,6-7,9H2,1-2H3,(H2,15,18). The van der Waals surface area contributed by atoms with Crippen molar-refractivity contribution in [3.8, 4) is 5.75 Å². The number of nitrogens with zero attached hydrogens (tertiary/aromatic N) is 1. The van der Waals surface area contributed by atoms with Gasteiger partial charge in [0.05, 0.1) is 7.11 Å². The normalized spacial score (nSPS) is 15.9. The smallest absolute Gasteiger partial charge is 0.236 e. The van der Waals surface area contributed by atoms with Crippen LogP contribution in [0.1, 0.15) is 12.8 Å². The number of hydrogen-bond acceptors (Lipinski definition) is 4. The first-order chi connectivity index (χ1) is 9.10. The van der Waals surface area contributed by atoms with Crippen molar-refractivity contribution < 1.29 is 9.53 Å². The van der Waals surface area contributed by atoms with Crippen molar-refractivity contribution in [2.45, 2.75) is 24.9 Å². The molecule has 0 radical (unpaired) electrons. The van der Waals surface area contributed by atoms with E-state index < -0.39 is 0 Å². The third-order valence-electron chi connectivity index (χ3n) is 3.31. The number of methoxy groups -OCH3 is 1. The number of ether oxygens (including phenoxy) is 1. The molecule has 0 saturated heterocycles. The summed E-state index contributed by atoms with van der Waals surface area (Å²) in [5.41, 5.74) is 6.45. The number of likely N-dealkylation sites (N-methyl/N-ethyl adjacent to an activating group) is 1. The molecule has 1 saturated carbocycles. The minimum Gasteiger partial charge on any atom is -0.497 e. The summed E-state index contributed by atoms with van der Waals surface area (Å²) in [5.74, 6) is 0.497. The number of nitrogens with one attached hydrogen (secondary N) is 1. The lowest BCUT2D eigenvalue weighted by molar-refractivity contribution is -0.119. The summed E-state index contributed by atoms with van der Waals surface area (Å²) < 4.78 is 5.20. The number of primary amides is 1. The van der Waals surface area contributed by atoms with E-state index >= 15 is 0 Å². The lowest BCUT2D eigenvalue weighted by atomic mass is 10.2. The van der Waals surface area contributed by atoms with E-state index in [0.717, 1.165) is 24.3 Å². The fourth-order valence-electron chi connectivity index (χ4n) is 1.99. The Bertz CT molecular complexity index is 446. The summed E-state index contributed by atoms with van der Waals surface area (Å²) >= 11 is 0. The van der Waals surface area contributed by atoms with Crippen molar-refractivity contribution in [2.75, 3.05) is 25.6 Å². The predicted octanol–water partition coefficient (Wildman–Crippen LogP) is 0.737. The van der Waals surface area contributed by atoms with Gasteiger partial charge < -0.3 is 20.7 Å². The number of benzene rings is 1. The molecule has 1 amide bonds. The molecule has 0 spiro atoms. The largest absolute Gasteiger partial charge is 0.497 e. The number of amides is 1. The SMILES string of the molecule is COc1cccc(N(C)CC(NC2CC2)C(N)=O)c1. The van der Waals surface area contributed by atoms with Gasteiger partial charge >= 0.3 is 0 Å². The van der Waals surface area contributed by atoms with Crippen molar-refractivity contribution >= 4 is 11.6 Å². The highest BCUT2D eigenvalue weighted by atomic mass is 16.5. The zero-order valence-corrected chi connectivity index (χ0v) is 11.4. The van der Waals surface area contributed by atoms with E-state index in [1.54, 1.807) is 7.11 Å². The van der Waals surface area contributed by atoms with Gasteiger partial charge in [0.15, 0.2) is 0 Å². The molecule has 5 nitrogen and oxygen atoms in total. The van der Waals surface area contributed by atoms with Crippen LogP contribution in [0, 0.1) is 0 Å². The molecule has 1 atom stereocenters. The molecule has 1 aliphatic rings. The van der Waals surface area contributed by atoms with Gasteiger partial charge in [-0.05, 0) is 25.0 Å². The van der Waals surface area contributed by atoms with Crippen LogP contribution in [-0.4, -0.2) is 38.7 Å². The highest BCUT2D eigenvalue weighted by Gasteiger charge is 2.28. The summed E-state index contributed by atoms with van der Waals surface area (Å²) in [7, 11) is 3.58. The fraction of sp³-hybridized carbons (Fsp3) is 0.500. The zero-order valence-electron chi connectivity index (χ0n) is 11.4. The lowest BCUT2D eigenvalue weighted by Gasteiger charge is -2.25. The first-order valence-corrected chi connectivity index (χ1v) is 6.50. The average Bonchev–Trinajstić information content (AvgIpc) is 3.21. The first kappa shape index (κ1) is 13.7. The molecule has 1 aliphatic carbocycles. The minimum absolute atomic E-state index is 0.304. The van der Waals surface area contributed by atoms with Crippen LogP contribution in [-0.2, 0) is 4.79 Å². The molecule has 0 bridgehead atoms. The zero-order chi connectivity index (χ0) is 13.8. The Labute approximate surface area is 113 Å². The molecule has 3 N–H and O–H groups in total. The molecule has 1 aromatic rings. The maximum absolute atomic E-state index is 11.5. The van der Waals surface area contributed by atoms with Crippen LogP contribution >= 0.6 is 0 Å². The van der Waals surface area contributed by atoms with Gasteiger partial charge in [0.25, 0.3) is 0 Å². The summed E-state index contributed by atoms with van der Waals surface area (Å²) in [6, 6.07) is 7.89. The van der Waals surface area contributed by atoms with Crippen LogP contribution < -0.4 is 20.7 Å². The average molecular weight is 263 g/mol. The molecule has 0 heterocycles. The number of nitrogens with two attached hydrogens (primary N) is 1. The van der Waals surface area contributed by atoms with Gasteiger partial charge in [-0.15, -0.1) is 0 Å². The summed E-state index contributed by atoms with van der Waals surface area (Å²) in [5, 5.41) is 3.27. The van der Waals surface area contributed by atoms with Gasteiger partial charge in [-0.1, -0.05) is 6.07 Å². The molecule has 1 fully saturated rings. The van der Waals surface area contributed by atoms with Gasteiger partial charge in [-0.2, -0.15) is 0 Å². The Morgan fingerprint density at radius 1 is 1.58 bits per heavy atom. The van der Waals surface area contributed by atoms with E-state index in [0.29, 0.717) is 12.6 Å². The van der Waals surface area contributed by atoms with Crippen molar-refractivity contribution in [3.63, 3.8) is 0 Å². The Hall–Kier alpha value is -1.75. The van der Waals surface area contributed by atoms with Gasteiger partial charge in [0.2, 0.25) is 5.91 Å². The fourth-order valence-corrected chi connectivity index (χ4v) is 1.99. The van der Waals surface area contributed by atoms with E-state index in [1.165, 1.54) is 0 Å². The van der Waals surface area contributed by atoms with Crippen molar-refractivity contribution in [2.24, 2.45) is 5.73 Å². The Morgan fingerprint density at radius 3 is 2.89 bits per heavy atom. The summed E-state index contributed by atoms with van der Waals surface area (Å²) in [6.07, 6.45) is 2.26. The molecular weight excluding hydrogens is 242 g/mol. The highest BCUT2D eigenvalue weighted by molar-refractivity contribution is 5.80. The number of rotatable bonds is 7. The van der Waals surface area contributed by atoms with Crippen LogP contribution in [0.3, 0.4) is 0 Å². The number of anilines is 1. The third-order valence-corrected chi connectivity index (χ3v) is 3.31. The van der Waals surface area contributed by atoms with E-state index in [4.69, 9.17) is 10.5 Å². The maximum atomic E-state index is 11.5. The van der Waals surface area contributed by atoms with Gasteiger partial charge in [0.1, 0.15) is 11.8 Å². The van der Waals surface area contributed by atoms with Crippen molar-refractivity contribution in [1.29, 1.82) is 0 Å². The molecule has 2 rings (SSSR count). The van der Waals surface area contributed by atoms with Crippen LogP contribution in [0.25, 0.3) is 0 Å². The monoisotopic (exact) mass is 263 g/mol. The predicted molar refractivity (Wildman–Crippen MR) is 75.4 cm³/mol. The van der Waals surface area contributed by atoms with Crippen LogP contribution in [0.15, 0.2) is 24.3 Å². The van der Waals surface area contributed by atoms with Crippen LogP contribution in [0.4, 0.5) is 5.69 Å². The first-order valence-electron chi connectivity index (χ1n) is 6.50. The van der Waals surface area contributed by atoms with E-state index in [9.17, 15) is 4.79 Å². The lowest BCUT2D eigenvalue weighted by Crippen LogP contribution is -2.49. The maximum Gasteiger partial charge on any atom is 0.236 e. The number of carbonyl (C=O) groups is 1. The minimum atomic E-state index is -0.316. The van der Waals surface area contributed by atoms with Gasteiger partial charge in [0, 0.05) is 31.4 Å². The van der Waals surface area contributed by atoms with Crippen LogP contribution in [0.5, 0.6) is 5.75 Å². The second-order valence-corrected chi connectivity index (χ2v) is 4.98. The second kappa shape index (κ2) is 5.93. The Balaban J connectivity index is 2.00. The molecule has 0 aliphatic heterocycles. The number of hydrogen-bond donors (Lipinski definition) is 2. The number of carbonyl (C=O) groups excluding carboxylic acids is 1. The van der Waals surface area contributed by atoms with Crippen molar-refractivity contribution in [3.05, 3.63) is 24.3 Å². The Kier molecular flexibility index (Phi) is 4.27. The summed E-state index contributed by atoms with van der Waals surface area (Å²) in [6.45, 7) is 0.555. The summed E-state index contributed by atoms with van der Waals surface area (Å²) in [4.78, 5) is 13.5. The topological polar surface area (TPSA) is 67.6 Å².